The van der Waals surface area contributed by atoms with E-state index in [1.165, 1.54) is 0 Å². The molecule has 0 aliphatic carbocycles. The normalized spacial score (nSPS) is 29.6. The summed E-state index contributed by atoms with van der Waals surface area (Å²) >= 11 is 0. The van der Waals surface area contributed by atoms with Gasteiger partial charge in [-0.15, -0.1) is 0 Å². The van der Waals surface area contributed by atoms with E-state index in [1.807, 2.05) is 0 Å². The van der Waals surface area contributed by atoms with Crippen LogP contribution in [-0.2, 0) is 19.4 Å². The van der Waals surface area contributed by atoms with Crippen LogP contribution in [0.4, 0.5) is 0 Å². The zero-order valence-corrected chi connectivity index (χ0v) is 11.6. The molecule has 1 amide bonds. The van der Waals surface area contributed by atoms with Crippen LogP contribution >= 0.6 is 0 Å². The molecule has 0 radical (unpaired) electrons. The smallest absolute Gasteiger partial charge is 0.303 e. The molecular formula is C12H19NO5S. The van der Waals surface area contributed by atoms with Crippen molar-refractivity contribution in [2.45, 2.75) is 25.7 Å². The number of carbonyl (C=O) groups is 2. The molecule has 0 bridgehead atoms. The molecule has 2 rings (SSSR count). The Kier molecular flexibility index (Phi) is 4.13. The Labute approximate surface area is 112 Å². The predicted octanol–water partition coefficient (Wildman–Crippen LogP) is 0.134. The molecule has 0 aromatic heterocycles. The summed E-state index contributed by atoms with van der Waals surface area (Å²) in [6.45, 7) is 1.08. The largest absolute Gasteiger partial charge is 0.481 e. The van der Waals surface area contributed by atoms with Gasteiger partial charge in [0.25, 0.3) is 0 Å². The van der Waals surface area contributed by atoms with Gasteiger partial charge in [-0.3, -0.25) is 9.59 Å². The number of carbonyl (C=O) groups excluding carboxylic acids is 1. The van der Waals surface area contributed by atoms with Crippen LogP contribution in [0.15, 0.2) is 0 Å². The van der Waals surface area contributed by atoms with Crippen molar-refractivity contribution in [3.05, 3.63) is 0 Å². The molecule has 2 unspecified atom stereocenters. The molecule has 2 heterocycles. The molecule has 0 aromatic rings. The Bertz CT molecular complexity index is 473. The Hall–Kier alpha value is -1.11. The highest BCUT2D eigenvalue weighted by molar-refractivity contribution is 7.91. The third kappa shape index (κ3) is 3.92. The maximum Gasteiger partial charge on any atom is 0.303 e. The highest BCUT2D eigenvalue weighted by Crippen LogP contribution is 2.25. The summed E-state index contributed by atoms with van der Waals surface area (Å²) in [6.07, 6.45) is 1.67. The van der Waals surface area contributed by atoms with E-state index in [1.54, 1.807) is 4.90 Å². The minimum absolute atomic E-state index is 0.0324. The third-order valence-electron chi connectivity index (χ3n) is 3.89. The second-order valence-corrected chi connectivity index (χ2v) is 7.79. The predicted molar refractivity (Wildman–Crippen MR) is 68.3 cm³/mol. The number of nitrogens with zero attached hydrogens (tertiary/aromatic N) is 1. The molecule has 0 spiro atoms. The third-order valence-corrected chi connectivity index (χ3v) is 5.73. The minimum atomic E-state index is -2.94. The van der Waals surface area contributed by atoms with Gasteiger partial charge in [-0.05, 0) is 24.7 Å². The average Bonchev–Trinajstić information content (AvgIpc) is 2.85. The molecule has 108 valence electrons. The van der Waals surface area contributed by atoms with Gasteiger partial charge < -0.3 is 10.0 Å². The summed E-state index contributed by atoms with van der Waals surface area (Å²) in [6, 6.07) is 0. The topological polar surface area (TPSA) is 91.8 Å². The molecular weight excluding hydrogens is 270 g/mol. The van der Waals surface area contributed by atoms with Crippen LogP contribution in [0.1, 0.15) is 25.7 Å². The van der Waals surface area contributed by atoms with Gasteiger partial charge in [-0.1, -0.05) is 0 Å². The van der Waals surface area contributed by atoms with E-state index in [0.717, 1.165) is 6.42 Å². The van der Waals surface area contributed by atoms with Crippen molar-refractivity contribution in [2.24, 2.45) is 11.8 Å². The Morgan fingerprint density at radius 1 is 1.16 bits per heavy atom. The summed E-state index contributed by atoms with van der Waals surface area (Å²) in [5, 5.41) is 8.72. The van der Waals surface area contributed by atoms with E-state index in [2.05, 4.69) is 0 Å². The lowest BCUT2D eigenvalue weighted by atomic mass is 10.0. The van der Waals surface area contributed by atoms with Gasteiger partial charge >= 0.3 is 5.97 Å². The van der Waals surface area contributed by atoms with Crippen LogP contribution in [0, 0.1) is 11.8 Å². The standard InChI is InChI=1S/C12H19NO5S/c14-11(5-10-2-4-19(17,18)8-10)13-3-1-9(7-13)6-12(15)16/h9-10H,1-8H2,(H,15,16). The molecule has 19 heavy (non-hydrogen) atoms. The summed E-state index contributed by atoms with van der Waals surface area (Å²) in [7, 11) is -2.94. The van der Waals surface area contributed by atoms with Crippen molar-refractivity contribution >= 4 is 21.7 Å². The first kappa shape index (κ1) is 14.3. The number of likely N-dealkylation sites (tertiary alicyclic amines) is 1. The summed E-state index contributed by atoms with van der Waals surface area (Å²) in [4.78, 5) is 24.3. The number of hydrogen-bond donors (Lipinski definition) is 1. The zero-order chi connectivity index (χ0) is 14.0. The van der Waals surface area contributed by atoms with Crippen molar-refractivity contribution in [3.8, 4) is 0 Å². The molecule has 7 heteroatoms. The summed E-state index contributed by atoms with van der Waals surface area (Å²) in [5.74, 6) is -0.585. The fourth-order valence-corrected chi connectivity index (χ4v) is 4.74. The van der Waals surface area contributed by atoms with Crippen molar-refractivity contribution in [3.63, 3.8) is 0 Å². The molecule has 0 saturated carbocycles. The monoisotopic (exact) mass is 289 g/mol. The lowest BCUT2D eigenvalue weighted by Gasteiger charge is -2.18. The van der Waals surface area contributed by atoms with E-state index in [0.29, 0.717) is 19.5 Å². The number of rotatable bonds is 4. The first-order valence-corrected chi connectivity index (χ1v) is 8.38. The van der Waals surface area contributed by atoms with E-state index < -0.39 is 15.8 Å². The number of aliphatic carboxylic acids is 1. The van der Waals surface area contributed by atoms with Crippen molar-refractivity contribution < 1.29 is 23.1 Å². The van der Waals surface area contributed by atoms with E-state index in [4.69, 9.17) is 5.11 Å². The van der Waals surface area contributed by atoms with Gasteiger partial charge in [0.2, 0.25) is 5.91 Å². The quantitative estimate of drug-likeness (QED) is 0.794. The Balaban J connectivity index is 1.80. The lowest BCUT2D eigenvalue weighted by molar-refractivity contribution is -0.138. The van der Waals surface area contributed by atoms with Crippen LogP contribution < -0.4 is 0 Å². The number of hydrogen-bond acceptors (Lipinski definition) is 4. The minimum Gasteiger partial charge on any atom is -0.481 e. The Morgan fingerprint density at radius 3 is 2.47 bits per heavy atom. The average molecular weight is 289 g/mol. The first-order chi connectivity index (χ1) is 8.85. The van der Waals surface area contributed by atoms with Crippen LogP contribution in [0.3, 0.4) is 0 Å². The van der Waals surface area contributed by atoms with Crippen LogP contribution in [0.5, 0.6) is 0 Å². The van der Waals surface area contributed by atoms with Crippen molar-refractivity contribution in [1.82, 2.24) is 4.90 Å². The van der Waals surface area contributed by atoms with Crippen LogP contribution in [0.25, 0.3) is 0 Å². The SMILES string of the molecule is O=C(O)CC1CCN(C(=O)CC2CCS(=O)(=O)C2)C1. The number of carboxylic acid groups (broad SMARTS) is 1. The molecule has 2 saturated heterocycles. The summed E-state index contributed by atoms with van der Waals surface area (Å²) in [5.41, 5.74) is 0. The van der Waals surface area contributed by atoms with Gasteiger partial charge in [0.05, 0.1) is 11.5 Å². The van der Waals surface area contributed by atoms with Crippen LogP contribution in [0.2, 0.25) is 0 Å². The highest BCUT2D eigenvalue weighted by Gasteiger charge is 2.33. The molecule has 2 aliphatic heterocycles. The van der Waals surface area contributed by atoms with Crippen molar-refractivity contribution in [2.75, 3.05) is 24.6 Å². The second-order valence-electron chi connectivity index (χ2n) is 5.57. The molecule has 2 atom stereocenters. The maximum absolute atomic E-state index is 12.0. The van der Waals surface area contributed by atoms with Gasteiger partial charge in [-0.2, -0.15) is 0 Å². The van der Waals surface area contributed by atoms with Gasteiger partial charge in [0.15, 0.2) is 9.84 Å². The maximum atomic E-state index is 12.0. The molecule has 2 aliphatic rings. The first-order valence-electron chi connectivity index (χ1n) is 6.56. The molecule has 2 fully saturated rings. The fourth-order valence-electron chi connectivity index (χ4n) is 2.88. The number of amides is 1. The van der Waals surface area contributed by atoms with E-state index in [9.17, 15) is 18.0 Å². The van der Waals surface area contributed by atoms with Gasteiger partial charge in [0, 0.05) is 25.9 Å². The lowest BCUT2D eigenvalue weighted by Crippen LogP contribution is -2.30. The summed E-state index contributed by atoms with van der Waals surface area (Å²) < 4.78 is 22.7. The molecule has 1 N–H and O–H groups in total. The van der Waals surface area contributed by atoms with Crippen molar-refractivity contribution in [1.29, 1.82) is 0 Å². The highest BCUT2D eigenvalue weighted by atomic mass is 32.2. The Morgan fingerprint density at radius 2 is 1.89 bits per heavy atom. The number of sulfone groups is 1. The van der Waals surface area contributed by atoms with Crippen LogP contribution in [-0.4, -0.2) is 54.9 Å². The van der Waals surface area contributed by atoms with E-state index in [-0.39, 0.29) is 42.1 Å². The van der Waals surface area contributed by atoms with Gasteiger partial charge in [-0.25, -0.2) is 8.42 Å². The second kappa shape index (κ2) is 5.48. The zero-order valence-electron chi connectivity index (χ0n) is 10.7. The molecule has 0 aromatic carbocycles. The van der Waals surface area contributed by atoms with Gasteiger partial charge in [0.1, 0.15) is 0 Å². The molecule has 6 nitrogen and oxygen atoms in total. The van der Waals surface area contributed by atoms with E-state index >= 15 is 0 Å². The number of carboxylic acids is 1. The fraction of sp³-hybridized carbons (Fsp3) is 0.833.